The van der Waals surface area contributed by atoms with Crippen LogP contribution in [0.4, 0.5) is 0 Å². The number of carbonyl (C=O) groups is 1. The van der Waals surface area contributed by atoms with E-state index in [1.54, 1.807) is 0 Å². The SMILES string of the molecule is C=CC[C@@H](C(=O)O)N(C)S(=O)(=O)CCCCC. The molecule has 0 heterocycles. The van der Waals surface area contributed by atoms with Crippen LogP contribution in [0.15, 0.2) is 12.7 Å². The second-order valence-electron chi connectivity index (χ2n) is 3.92. The first kappa shape index (κ1) is 16.1. The first-order valence-corrected chi connectivity index (χ1v) is 7.27. The summed E-state index contributed by atoms with van der Waals surface area (Å²) in [6.45, 7) is 5.42. The van der Waals surface area contributed by atoms with E-state index in [-0.39, 0.29) is 12.2 Å². The number of carboxylic acid groups (broad SMARTS) is 1. The van der Waals surface area contributed by atoms with Crippen LogP contribution in [0.2, 0.25) is 0 Å². The summed E-state index contributed by atoms with van der Waals surface area (Å²) in [5.41, 5.74) is 0. The molecule has 5 nitrogen and oxygen atoms in total. The summed E-state index contributed by atoms with van der Waals surface area (Å²) in [7, 11) is -2.19. The Bertz CT molecular complexity index is 350. The number of nitrogens with zero attached hydrogens (tertiary/aromatic N) is 1. The number of hydrogen-bond acceptors (Lipinski definition) is 3. The summed E-state index contributed by atoms with van der Waals surface area (Å²) in [6, 6.07) is -1.06. The number of aliphatic carboxylic acids is 1. The van der Waals surface area contributed by atoms with Crippen LogP contribution >= 0.6 is 0 Å². The predicted molar refractivity (Wildman–Crippen MR) is 67.3 cm³/mol. The Morgan fingerprint density at radius 3 is 2.47 bits per heavy atom. The predicted octanol–water partition coefficient (Wildman–Crippen LogP) is 1.47. The van der Waals surface area contributed by atoms with Gasteiger partial charge in [0.1, 0.15) is 6.04 Å². The topological polar surface area (TPSA) is 74.7 Å². The van der Waals surface area contributed by atoms with E-state index in [1.165, 1.54) is 13.1 Å². The van der Waals surface area contributed by atoms with Gasteiger partial charge in [-0.05, 0) is 12.8 Å². The van der Waals surface area contributed by atoms with Gasteiger partial charge in [-0.2, -0.15) is 4.31 Å². The molecular weight excluding hydrogens is 242 g/mol. The van der Waals surface area contributed by atoms with Gasteiger partial charge >= 0.3 is 5.97 Å². The Kier molecular flexibility index (Phi) is 7.06. The van der Waals surface area contributed by atoms with Crippen molar-refractivity contribution in [3.63, 3.8) is 0 Å². The van der Waals surface area contributed by atoms with Gasteiger partial charge in [0.15, 0.2) is 0 Å². The van der Waals surface area contributed by atoms with Crippen LogP contribution in [0.3, 0.4) is 0 Å². The van der Waals surface area contributed by atoms with Crippen LogP contribution in [0.5, 0.6) is 0 Å². The molecule has 0 aliphatic rings. The molecule has 0 saturated heterocycles. The van der Waals surface area contributed by atoms with Gasteiger partial charge in [0.25, 0.3) is 0 Å². The first-order chi connectivity index (χ1) is 7.86. The summed E-state index contributed by atoms with van der Waals surface area (Å²) in [5.74, 6) is -1.15. The van der Waals surface area contributed by atoms with Crippen LogP contribution in [0.1, 0.15) is 32.6 Å². The minimum atomic E-state index is -3.49. The molecule has 17 heavy (non-hydrogen) atoms. The number of likely N-dealkylation sites (N-methyl/N-ethyl adjacent to an activating group) is 1. The minimum absolute atomic E-state index is 0.00172. The highest BCUT2D eigenvalue weighted by atomic mass is 32.2. The summed E-state index contributed by atoms with van der Waals surface area (Å²) in [4.78, 5) is 11.0. The monoisotopic (exact) mass is 263 g/mol. The highest BCUT2D eigenvalue weighted by Crippen LogP contribution is 2.11. The second kappa shape index (κ2) is 7.45. The molecule has 0 aliphatic carbocycles. The normalized spacial score (nSPS) is 13.6. The van der Waals surface area contributed by atoms with Gasteiger partial charge in [-0.1, -0.05) is 25.8 Å². The van der Waals surface area contributed by atoms with Gasteiger partial charge in [0.05, 0.1) is 5.75 Å². The molecule has 0 saturated carbocycles. The van der Waals surface area contributed by atoms with Crippen molar-refractivity contribution in [1.82, 2.24) is 4.31 Å². The molecule has 1 N–H and O–H groups in total. The Morgan fingerprint density at radius 2 is 2.06 bits per heavy atom. The van der Waals surface area contributed by atoms with Crippen molar-refractivity contribution in [2.75, 3.05) is 12.8 Å². The molecule has 0 fully saturated rings. The lowest BCUT2D eigenvalue weighted by atomic mass is 10.2. The molecule has 0 amide bonds. The molecule has 0 spiro atoms. The van der Waals surface area contributed by atoms with Crippen molar-refractivity contribution < 1.29 is 18.3 Å². The van der Waals surface area contributed by atoms with Crippen LogP contribution in [-0.2, 0) is 14.8 Å². The van der Waals surface area contributed by atoms with Crippen LogP contribution < -0.4 is 0 Å². The lowest BCUT2D eigenvalue weighted by Crippen LogP contribution is -2.43. The average molecular weight is 263 g/mol. The van der Waals surface area contributed by atoms with Crippen LogP contribution in [0.25, 0.3) is 0 Å². The average Bonchev–Trinajstić information content (AvgIpc) is 2.24. The largest absolute Gasteiger partial charge is 0.480 e. The second-order valence-corrected chi connectivity index (χ2v) is 6.07. The third-order valence-corrected chi connectivity index (χ3v) is 4.50. The van der Waals surface area contributed by atoms with Gasteiger partial charge in [0, 0.05) is 7.05 Å². The van der Waals surface area contributed by atoms with E-state index >= 15 is 0 Å². The summed E-state index contributed by atoms with van der Waals surface area (Å²) in [5, 5.41) is 8.96. The third kappa shape index (κ3) is 5.32. The smallest absolute Gasteiger partial charge is 0.322 e. The first-order valence-electron chi connectivity index (χ1n) is 5.66. The lowest BCUT2D eigenvalue weighted by molar-refractivity contribution is -0.141. The number of rotatable bonds is 9. The van der Waals surface area contributed by atoms with E-state index < -0.39 is 22.0 Å². The highest BCUT2D eigenvalue weighted by molar-refractivity contribution is 7.89. The fourth-order valence-corrected chi connectivity index (χ4v) is 2.86. The lowest BCUT2D eigenvalue weighted by Gasteiger charge is -2.23. The van der Waals surface area contributed by atoms with E-state index in [0.717, 1.165) is 17.1 Å². The van der Waals surface area contributed by atoms with E-state index in [1.807, 2.05) is 6.92 Å². The molecule has 0 radical (unpaired) electrons. The van der Waals surface area contributed by atoms with Gasteiger partial charge in [-0.3, -0.25) is 4.79 Å². The quantitative estimate of drug-likeness (QED) is 0.505. The van der Waals surface area contributed by atoms with Gasteiger partial charge in [0.2, 0.25) is 10.0 Å². The summed E-state index contributed by atoms with van der Waals surface area (Å²) < 4.78 is 24.6. The van der Waals surface area contributed by atoms with Crippen molar-refractivity contribution in [3.8, 4) is 0 Å². The Hall–Kier alpha value is -0.880. The van der Waals surface area contributed by atoms with E-state index in [4.69, 9.17) is 5.11 Å². The van der Waals surface area contributed by atoms with Crippen molar-refractivity contribution in [3.05, 3.63) is 12.7 Å². The Morgan fingerprint density at radius 1 is 1.47 bits per heavy atom. The highest BCUT2D eigenvalue weighted by Gasteiger charge is 2.29. The number of unbranched alkanes of at least 4 members (excludes halogenated alkanes) is 2. The van der Waals surface area contributed by atoms with Crippen molar-refractivity contribution in [1.29, 1.82) is 0 Å². The maximum atomic E-state index is 11.9. The molecular formula is C11H21NO4S. The van der Waals surface area contributed by atoms with Crippen molar-refractivity contribution >= 4 is 16.0 Å². The molecule has 0 rings (SSSR count). The molecule has 0 aliphatic heterocycles. The summed E-state index contributed by atoms with van der Waals surface area (Å²) >= 11 is 0. The van der Waals surface area contributed by atoms with E-state index in [0.29, 0.717) is 6.42 Å². The van der Waals surface area contributed by atoms with E-state index in [2.05, 4.69) is 6.58 Å². The van der Waals surface area contributed by atoms with Crippen molar-refractivity contribution in [2.45, 2.75) is 38.6 Å². The Labute approximate surface area is 103 Å². The molecule has 1 atom stereocenters. The zero-order chi connectivity index (χ0) is 13.5. The standard InChI is InChI=1S/C11H21NO4S/c1-4-6-7-9-17(15,16)12(3)10(8-5-2)11(13)14/h5,10H,2,4,6-9H2,1,3H3,(H,13,14)/t10-/m0/s1. The molecule has 100 valence electrons. The molecule has 0 bridgehead atoms. The minimum Gasteiger partial charge on any atom is -0.480 e. The maximum absolute atomic E-state index is 11.9. The number of hydrogen-bond donors (Lipinski definition) is 1. The van der Waals surface area contributed by atoms with Gasteiger partial charge in [-0.25, -0.2) is 8.42 Å². The third-order valence-electron chi connectivity index (χ3n) is 2.56. The summed E-state index contributed by atoms with van der Waals surface area (Å²) in [6.07, 6.45) is 3.83. The molecule has 6 heteroatoms. The zero-order valence-electron chi connectivity index (χ0n) is 10.4. The molecule has 0 aromatic heterocycles. The number of sulfonamides is 1. The van der Waals surface area contributed by atoms with Crippen LogP contribution in [0, 0.1) is 0 Å². The Balaban J connectivity index is 4.67. The van der Waals surface area contributed by atoms with Crippen molar-refractivity contribution in [2.24, 2.45) is 0 Å². The number of carboxylic acids is 1. The zero-order valence-corrected chi connectivity index (χ0v) is 11.2. The van der Waals surface area contributed by atoms with Gasteiger partial charge < -0.3 is 5.11 Å². The van der Waals surface area contributed by atoms with Gasteiger partial charge in [-0.15, -0.1) is 6.58 Å². The molecule has 0 aromatic rings. The van der Waals surface area contributed by atoms with E-state index in [9.17, 15) is 13.2 Å². The fraction of sp³-hybridized carbons (Fsp3) is 0.727. The molecule has 0 unspecified atom stereocenters. The van der Waals surface area contributed by atoms with Crippen LogP contribution in [-0.4, -0.2) is 42.6 Å². The fourth-order valence-electron chi connectivity index (χ4n) is 1.43. The molecule has 0 aromatic carbocycles. The maximum Gasteiger partial charge on any atom is 0.322 e.